The van der Waals surface area contributed by atoms with Crippen LogP contribution in [0.15, 0.2) is 33.6 Å². The fourth-order valence-electron chi connectivity index (χ4n) is 3.53. The van der Waals surface area contributed by atoms with Gasteiger partial charge in [0.15, 0.2) is 0 Å². The maximum absolute atomic E-state index is 12.2. The van der Waals surface area contributed by atoms with Gasteiger partial charge in [-0.3, -0.25) is 0 Å². The van der Waals surface area contributed by atoms with Gasteiger partial charge < -0.3 is 9.32 Å². The predicted octanol–water partition coefficient (Wildman–Crippen LogP) is 2.95. The summed E-state index contributed by atoms with van der Waals surface area (Å²) in [6.45, 7) is 6.03. The van der Waals surface area contributed by atoms with Gasteiger partial charge in [-0.15, -0.1) is 0 Å². The molecule has 0 aliphatic carbocycles. The van der Waals surface area contributed by atoms with E-state index in [1.54, 1.807) is 12.1 Å². The fourth-order valence-corrected chi connectivity index (χ4v) is 4.43. The lowest BCUT2D eigenvalue weighted by Gasteiger charge is -2.34. The Hall–Kier alpha value is -2.37. The molecule has 0 radical (unpaired) electrons. The van der Waals surface area contributed by atoms with Crippen molar-refractivity contribution in [1.82, 2.24) is 9.29 Å². The van der Waals surface area contributed by atoms with E-state index in [-0.39, 0.29) is 10.6 Å². The van der Waals surface area contributed by atoms with Gasteiger partial charge in [-0.1, -0.05) is 13.8 Å². The average molecular weight is 388 g/mol. The molecule has 8 heteroatoms. The molecule has 1 aliphatic rings. The molecule has 27 heavy (non-hydrogen) atoms. The van der Waals surface area contributed by atoms with E-state index in [0.717, 1.165) is 23.8 Å². The molecule has 1 aromatic heterocycles. The summed E-state index contributed by atoms with van der Waals surface area (Å²) in [5.41, 5.74) is 0.893. The highest BCUT2D eigenvalue weighted by Gasteiger charge is 2.28. The van der Waals surface area contributed by atoms with Crippen LogP contribution in [0.4, 0.5) is 5.88 Å². The topological polar surface area (TPSA) is 90.4 Å². The monoisotopic (exact) mass is 388 g/mol. The van der Waals surface area contributed by atoms with Gasteiger partial charge in [0.05, 0.1) is 4.90 Å². The highest BCUT2D eigenvalue weighted by Crippen LogP contribution is 2.32. The minimum atomic E-state index is -3.49. The van der Waals surface area contributed by atoms with Crippen LogP contribution < -0.4 is 4.90 Å². The first kappa shape index (κ1) is 19.4. The van der Waals surface area contributed by atoms with Crippen molar-refractivity contribution in [3.63, 3.8) is 0 Å². The molecule has 0 amide bonds. The highest BCUT2D eigenvalue weighted by molar-refractivity contribution is 7.89. The minimum absolute atomic E-state index is 0.196. The van der Waals surface area contributed by atoms with E-state index in [4.69, 9.17) is 4.42 Å². The van der Waals surface area contributed by atoms with Gasteiger partial charge >= 0.3 is 0 Å². The van der Waals surface area contributed by atoms with Gasteiger partial charge in [0.25, 0.3) is 0 Å². The molecule has 0 saturated carbocycles. The molecule has 3 rings (SSSR count). The largest absolute Gasteiger partial charge is 0.419 e. The van der Waals surface area contributed by atoms with Gasteiger partial charge in [0, 0.05) is 32.7 Å². The fraction of sp³-hybridized carbons (Fsp3) is 0.474. The molecule has 2 unspecified atom stereocenters. The third-order valence-corrected chi connectivity index (χ3v) is 6.58. The Morgan fingerprint density at radius 3 is 2.30 bits per heavy atom. The Balaban J connectivity index is 1.93. The number of rotatable bonds is 4. The molecule has 7 nitrogen and oxygen atoms in total. The first-order chi connectivity index (χ1) is 12.7. The first-order valence-electron chi connectivity index (χ1n) is 8.91. The quantitative estimate of drug-likeness (QED) is 0.800. The van der Waals surface area contributed by atoms with Crippen molar-refractivity contribution in [2.75, 3.05) is 32.1 Å². The number of hydrogen-bond acceptors (Lipinski definition) is 6. The second-order valence-electron chi connectivity index (χ2n) is 7.45. The zero-order valence-corrected chi connectivity index (χ0v) is 16.8. The summed E-state index contributed by atoms with van der Waals surface area (Å²) in [5.74, 6) is 1.85. The van der Waals surface area contributed by atoms with E-state index >= 15 is 0 Å². The SMILES string of the molecule is CC1CC(C)CN(c2oc(-c3ccc(S(=O)(=O)N(C)C)cc3)nc2C#N)C1. The van der Waals surface area contributed by atoms with E-state index in [1.807, 2.05) is 0 Å². The van der Waals surface area contributed by atoms with E-state index in [9.17, 15) is 13.7 Å². The lowest BCUT2D eigenvalue weighted by atomic mass is 9.92. The van der Waals surface area contributed by atoms with Crippen molar-refractivity contribution >= 4 is 15.9 Å². The first-order valence-corrected chi connectivity index (χ1v) is 10.3. The Bertz CT molecular complexity index is 948. The normalized spacial score (nSPS) is 20.7. The van der Waals surface area contributed by atoms with Crippen LogP contribution in [0.25, 0.3) is 11.5 Å². The number of nitrogens with zero attached hydrogens (tertiary/aromatic N) is 4. The van der Waals surface area contributed by atoms with E-state index < -0.39 is 10.0 Å². The van der Waals surface area contributed by atoms with Gasteiger partial charge in [-0.05, 0) is 42.5 Å². The Morgan fingerprint density at radius 2 is 1.78 bits per heavy atom. The van der Waals surface area contributed by atoms with Gasteiger partial charge in [-0.2, -0.15) is 10.2 Å². The van der Waals surface area contributed by atoms with Crippen molar-refractivity contribution in [3.05, 3.63) is 30.0 Å². The molecule has 2 aromatic rings. The summed E-state index contributed by atoms with van der Waals surface area (Å²) in [6.07, 6.45) is 1.15. The van der Waals surface area contributed by atoms with Crippen molar-refractivity contribution in [1.29, 1.82) is 5.26 Å². The predicted molar refractivity (Wildman–Crippen MR) is 103 cm³/mol. The van der Waals surface area contributed by atoms with Crippen LogP contribution in [0.5, 0.6) is 0 Å². The summed E-state index contributed by atoms with van der Waals surface area (Å²) >= 11 is 0. The molecule has 1 saturated heterocycles. The van der Waals surface area contributed by atoms with Crippen molar-refractivity contribution in [2.24, 2.45) is 11.8 Å². The molecule has 144 valence electrons. The lowest BCUT2D eigenvalue weighted by Crippen LogP contribution is -2.38. The number of nitriles is 1. The van der Waals surface area contributed by atoms with E-state index in [0.29, 0.717) is 29.2 Å². The maximum Gasteiger partial charge on any atom is 0.242 e. The van der Waals surface area contributed by atoms with E-state index in [2.05, 4.69) is 29.8 Å². The van der Waals surface area contributed by atoms with Crippen molar-refractivity contribution < 1.29 is 12.8 Å². The summed E-state index contributed by atoms with van der Waals surface area (Å²) < 4.78 is 31.5. The van der Waals surface area contributed by atoms with Crippen LogP contribution in [0.3, 0.4) is 0 Å². The number of anilines is 1. The number of hydrogen-bond donors (Lipinski definition) is 0. The third kappa shape index (κ3) is 3.84. The zero-order valence-electron chi connectivity index (χ0n) is 16.0. The molecule has 2 heterocycles. The molecule has 2 atom stereocenters. The second kappa shape index (κ2) is 7.33. The molecule has 1 fully saturated rings. The second-order valence-corrected chi connectivity index (χ2v) is 9.60. The third-order valence-electron chi connectivity index (χ3n) is 4.75. The molecule has 0 spiro atoms. The van der Waals surface area contributed by atoms with Crippen LogP contribution in [0.2, 0.25) is 0 Å². The van der Waals surface area contributed by atoms with Gasteiger partial charge in [0.1, 0.15) is 6.07 Å². The summed E-state index contributed by atoms with van der Waals surface area (Å²) in [5, 5.41) is 9.47. The maximum atomic E-state index is 12.2. The van der Waals surface area contributed by atoms with E-state index in [1.165, 1.54) is 26.2 Å². The number of piperidine rings is 1. The molecule has 0 N–H and O–H groups in total. The highest BCUT2D eigenvalue weighted by atomic mass is 32.2. The number of aromatic nitrogens is 1. The molecular weight excluding hydrogens is 364 g/mol. The Kier molecular flexibility index (Phi) is 5.27. The van der Waals surface area contributed by atoms with Crippen LogP contribution in [-0.2, 0) is 10.0 Å². The average Bonchev–Trinajstić information content (AvgIpc) is 3.05. The number of benzene rings is 1. The smallest absolute Gasteiger partial charge is 0.242 e. The summed E-state index contributed by atoms with van der Waals surface area (Å²) in [7, 11) is -0.512. The molecule has 1 aliphatic heterocycles. The zero-order chi connectivity index (χ0) is 19.8. The van der Waals surface area contributed by atoms with Crippen LogP contribution in [0.1, 0.15) is 26.0 Å². The number of oxazole rings is 1. The summed E-state index contributed by atoms with van der Waals surface area (Å²) in [4.78, 5) is 6.60. The van der Waals surface area contributed by atoms with Crippen molar-refractivity contribution in [2.45, 2.75) is 25.2 Å². The van der Waals surface area contributed by atoms with Crippen molar-refractivity contribution in [3.8, 4) is 17.5 Å². The number of sulfonamides is 1. The molecule has 0 bridgehead atoms. The standard InChI is InChI=1S/C19H24N4O3S/c1-13-9-14(2)12-23(11-13)19-17(10-20)21-18(26-19)15-5-7-16(8-6-15)27(24,25)22(3)4/h5-8,13-14H,9,11-12H2,1-4H3. The van der Waals surface area contributed by atoms with Gasteiger partial charge in [-0.25, -0.2) is 12.7 Å². The van der Waals surface area contributed by atoms with Crippen LogP contribution in [-0.4, -0.2) is 44.9 Å². The molecule has 1 aromatic carbocycles. The Labute approximate surface area is 160 Å². The minimum Gasteiger partial charge on any atom is -0.419 e. The van der Waals surface area contributed by atoms with Gasteiger partial charge in [0.2, 0.25) is 27.5 Å². The Morgan fingerprint density at radius 1 is 1.19 bits per heavy atom. The summed E-state index contributed by atoms with van der Waals surface area (Å²) in [6, 6.07) is 8.45. The lowest BCUT2D eigenvalue weighted by molar-refractivity contribution is 0.344. The molecular formula is C19H24N4O3S. The van der Waals surface area contributed by atoms with Crippen LogP contribution in [0, 0.1) is 23.2 Å². The van der Waals surface area contributed by atoms with Crippen LogP contribution >= 0.6 is 0 Å².